The molecule has 0 saturated heterocycles. The summed E-state index contributed by atoms with van der Waals surface area (Å²) in [5.41, 5.74) is 2.14. The zero-order valence-corrected chi connectivity index (χ0v) is 25.0. The summed E-state index contributed by atoms with van der Waals surface area (Å²) < 4.78 is 37.3. The van der Waals surface area contributed by atoms with Gasteiger partial charge in [0.1, 0.15) is 17.1 Å². The van der Waals surface area contributed by atoms with Gasteiger partial charge >= 0.3 is 5.97 Å². The molecule has 0 fully saturated rings. The zero-order chi connectivity index (χ0) is 30.6. The average Bonchev–Trinajstić information content (AvgIpc) is 2.96. The van der Waals surface area contributed by atoms with Gasteiger partial charge in [-0.1, -0.05) is 90.4 Å². The first-order valence-electron chi connectivity index (χ1n) is 17.0. The second-order valence-electron chi connectivity index (χ2n) is 11.8. The Morgan fingerprint density at radius 3 is 2.13 bits per heavy atom. The normalized spacial score (nSPS) is 18.0. The monoisotopic (exact) mass is 541 g/mol. The average molecular weight is 542 g/mol. The van der Waals surface area contributed by atoms with E-state index < -0.39 is 12.8 Å². The summed E-state index contributed by atoms with van der Waals surface area (Å²) in [5, 5.41) is 0. The number of esters is 1. The minimum absolute atomic E-state index is 0.0939. The van der Waals surface area contributed by atoms with Gasteiger partial charge in [-0.3, -0.25) is 4.98 Å². The van der Waals surface area contributed by atoms with Crippen molar-refractivity contribution in [3.8, 4) is 11.5 Å². The Hall–Kier alpha value is -2.36. The number of aromatic nitrogens is 1. The molecule has 4 nitrogen and oxygen atoms in total. The van der Waals surface area contributed by atoms with Crippen LogP contribution in [0.25, 0.3) is 0 Å². The van der Waals surface area contributed by atoms with Crippen LogP contribution in [-0.4, -0.2) is 16.6 Å². The number of hydrogen-bond acceptors (Lipinski definition) is 4. The number of nitrogens with zero attached hydrogens (tertiary/aromatic N) is 1. The number of benzene rings is 1. The molecule has 0 N–H and O–H groups in total. The standard InChI is InChI=1S/C35H53NO3/c1-6-7-8-9-10-11-12-13-14-15-16-17-18-19-23-35(5)24-22-31-29(4)32(27(2)28(3)33(31)39-35)38-34(37)30-21-20-25-36-26-30/h20-21,25-26H,6-19,22-24H2,1-5H3/i4T3. The van der Waals surface area contributed by atoms with Gasteiger partial charge in [0, 0.05) is 22.1 Å². The van der Waals surface area contributed by atoms with Crippen LogP contribution < -0.4 is 9.47 Å². The third-order valence-corrected chi connectivity index (χ3v) is 8.45. The summed E-state index contributed by atoms with van der Waals surface area (Å²) in [6.45, 7) is 5.71. The lowest BCUT2D eigenvalue weighted by atomic mass is 9.84. The SMILES string of the molecule is [3H]C([3H])([3H])c1c2c(c(C)c(C)c1OC(=O)c1cccnc1)OC(C)(CCCCCCCCCCCCCCCC)CC2. The lowest BCUT2D eigenvalue weighted by Gasteiger charge is -2.38. The van der Waals surface area contributed by atoms with Crippen LogP contribution >= 0.6 is 0 Å². The van der Waals surface area contributed by atoms with Crippen molar-refractivity contribution >= 4 is 5.97 Å². The van der Waals surface area contributed by atoms with Crippen molar-refractivity contribution in [1.29, 1.82) is 0 Å². The number of carbonyl (C=O) groups excluding carboxylic acids is 1. The van der Waals surface area contributed by atoms with Crippen LogP contribution in [0.1, 0.15) is 153 Å². The molecule has 0 bridgehead atoms. The van der Waals surface area contributed by atoms with Gasteiger partial charge in [-0.05, 0) is 82.1 Å². The first-order chi connectivity index (χ1) is 20.1. The van der Waals surface area contributed by atoms with E-state index in [2.05, 4.69) is 18.8 Å². The molecule has 1 aromatic heterocycles. The second-order valence-corrected chi connectivity index (χ2v) is 11.8. The molecule has 0 radical (unpaired) electrons. The summed E-state index contributed by atoms with van der Waals surface area (Å²) in [6.07, 6.45) is 23.9. The molecular formula is C35H53NO3. The summed E-state index contributed by atoms with van der Waals surface area (Å²) in [4.78, 5) is 16.8. The van der Waals surface area contributed by atoms with Gasteiger partial charge in [0.05, 0.1) is 5.56 Å². The lowest BCUT2D eigenvalue weighted by molar-refractivity contribution is 0.0518. The molecular weight excluding hydrogens is 482 g/mol. The molecule has 216 valence electrons. The molecule has 0 saturated carbocycles. The topological polar surface area (TPSA) is 48.4 Å². The molecule has 4 heteroatoms. The zero-order valence-electron chi connectivity index (χ0n) is 28.0. The third-order valence-electron chi connectivity index (χ3n) is 8.45. The maximum absolute atomic E-state index is 12.9. The molecule has 1 unspecified atom stereocenters. The minimum atomic E-state index is -2.45. The Kier molecular flexibility index (Phi) is 11.0. The van der Waals surface area contributed by atoms with E-state index in [-0.39, 0.29) is 22.5 Å². The van der Waals surface area contributed by atoms with Gasteiger partial charge < -0.3 is 9.47 Å². The van der Waals surface area contributed by atoms with Crippen molar-refractivity contribution in [1.82, 2.24) is 4.98 Å². The van der Waals surface area contributed by atoms with Crippen LogP contribution in [0, 0.1) is 20.7 Å². The summed E-state index contributed by atoms with van der Waals surface area (Å²) in [7, 11) is 0. The second kappa shape index (κ2) is 16.0. The Bertz CT molecular complexity index is 1130. The van der Waals surface area contributed by atoms with E-state index in [1.165, 1.54) is 89.7 Å². The van der Waals surface area contributed by atoms with E-state index in [1.807, 2.05) is 6.92 Å². The Balaban J connectivity index is 1.52. The molecule has 1 aliphatic heterocycles. The van der Waals surface area contributed by atoms with Gasteiger partial charge in [-0.2, -0.15) is 0 Å². The highest BCUT2D eigenvalue weighted by atomic mass is 16.5. The van der Waals surface area contributed by atoms with Gasteiger partial charge in [-0.25, -0.2) is 4.79 Å². The molecule has 0 aliphatic carbocycles. The van der Waals surface area contributed by atoms with Crippen molar-refractivity contribution in [2.24, 2.45) is 0 Å². The van der Waals surface area contributed by atoms with E-state index in [0.29, 0.717) is 23.3 Å². The molecule has 0 spiro atoms. The van der Waals surface area contributed by atoms with Crippen molar-refractivity contribution in [2.75, 3.05) is 0 Å². The maximum Gasteiger partial charge on any atom is 0.345 e. The van der Waals surface area contributed by atoms with Crippen molar-refractivity contribution < 1.29 is 18.4 Å². The van der Waals surface area contributed by atoms with Crippen LogP contribution in [0.4, 0.5) is 0 Å². The molecule has 3 rings (SSSR count). The molecule has 2 aromatic rings. The number of pyridine rings is 1. The fourth-order valence-electron chi connectivity index (χ4n) is 5.70. The van der Waals surface area contributed by atoms with Crippen LogP contribution in [0.5, 0.6) is 11.5 Å². The third kappa shape index (κ3) is 9.36. The van der Waals surface area contributed by atoms with Crippen molar-refractivity contribution in [3.63, 3.8) is 0 Å². The predicted molar refractivity (Wildman–Crippen MR) is 162 cm³/mol. The summed E-state index contributed by atoms with van der Waals surface area (Å²) in [6, 6.07) is 3.26. The van der Waals surface area contributed by atoms with E-state index in [1.54, 1.807) is 25.3 Å². The van der Waals surface area contributed by atoms with Crippen LogP contribution in [0.15, 0.2) is 24.5 Å². The highest BCUT2D eigenvalue weighted by Crippen LogP contribution is 2.45. The number of carbonyl (C=O) groups is 1. The van der Waals surface area contributed by atoms with Gasteiger partial charge in [-0.15, -0.1) is 0 Å². The van der Waals surface area contributed by atoms with E-state index in [0.717, 1.165) is 24.8 Å². The van der Waals surface area contributed by atoms with Crippen molar-refractivity contribution in [2.45, 2.75) is 149 Å². The summed E-state index contributed by atoms with van der Waals surface area (Å²) >= 11 is 0. The Morgan fingerprint density at radius 1 is 0.949 bits per heavy atom. The van der Waals surface area contributed by atoms with Gasteiger partial charge in [0.2, 0.25) is 0 Å². The number of ether oxygens (including phenoxy) is 2. The highest BCUT2D eigenvalue weighted by molar-refractivity contribution is 5.91. The fourth-order valence-corrected chi connectivity index (χ4v) is 5.70. The van der Waals surface area contributed by atoms with E-state index in [4.69, 9.17) is 13.6 Å². The van der Waals surface area contributed by atoms with Crippen LogP contribution in [0.2, 0.25) is 0 Å². The number of hydrogen-bond donors (Lipinski definition) is 0. The van der Waals surface area contributed by atoms with Crippen LogP contribution in [0.3, 0.4) is 0 Å². The largest absolute Gasteiger partial charge is 0.487 e. The molecule has 39 heavy (non-hydrogen) atoms. The van der Waals surface area contributed by atoms with Crippen molar-refractivity contribution in [3.05, 3.63) is 52.3 Å². The molecule has 1 aromatic carbocycles. The highest BCUT2D eigenvalue weighted by Gasteiger charge is 2.34. The summed E-state index contributed by atoms with van der Waals surface area (Å²) in [5.74, 6) is 0.161. The Morgan fingerprint density at radius 2 is 1.56 bits per heavy atom. The van der Waals surface area contributed by atoms with Gasteiger partial charge in [0.15, 0.2) is 0 Å². The first kappa shape index (κ1) is 26.8. The predicted octanol–water partition coefficient (Wildman–Crippen LogP) is 10.2. The van der Waals surface area contributed by atoms with Gasteiger partial charge in [0.25, 0.3) is 0 Å². The molecule has 1 aliphatic rings. The lowest BCUT2D eigenvalue weighted by Crippen LogP contribution is -2.37. The van der Waals surface area contributed by atoms with Crippen LogP contribution in [-0.2, 0) is 6.42 Å². The van der Waals surface area contributed by atoms with E-state index in [9.17, 15) is 4.79 Å². The maximum atomic E-state index is 12.9. The Labute approximate surface area is 242 Å². The fraction of sp³-hybridized carbons (Fsp3) is 0.657. The molecule has 1 atom stereocenters. The van der Waals surface area contributed by atoms with E-state index >= 15 is 0 Å². The first-order valence-corrected chi connectivity index (χ1v) is 15.5. The smallest absolute Gasteiger partial charge is 0.345 e. The number of rotatable bonds is 17. The quantitative estimate of drug-likeness (QED) is 0.114. The molecule has 2 heterocycles. The minimum Gasteiger partial charge on any atom is -0.487 e. The molecule has 0 amide bonds. The number of unbranched alkanes of at least 4 members (excludes halogenated alkanes) is 13. The number of fused-ring (bicyclic) bond motifs is 1.